The molecule has 1 aliphatic rings. The number of anilines is 1. The van der Waals surface area contributed by atoms with Crippen LogP contribution >= 0.6 is 12.2 Å². The zero-order chi connectivity index (χ0) is 25.8. The first-order valence-corrected chi connectivity index (χ1v) is 12.9. The highest BCUT2D eigenvalue weighted by molar-refractivity contribution is 7.80. The Labute approximate surface area is 222 Å². The molecule has 4 aromatic rings. The number of nitrogens with zero attached hydrogens (tertiary/aromatic N) is 4. The van der Waals surface area contributed by atoms with E-state index < -0.39 is 0 Å². The number of thiocarbonyl (C=S) groups is 1. The summed E-state index contributed by atoms with van der Waals surface area (Å²) in [5, 5.41) is 7.15. The van der Waals surface area contributed by atoms with Crippen LogP contribution in [0.15, 0.2) is 85.3 Å². The van der Waals surface area contributed by atoms with Crippen molar-refractivity contribution in [3.05, 3.63) is 108 Å². The van der Waals surface area contributed by atoms with E-state index in [0.717, 1.165) is 40.4 Å². The molecule has 1 aromatic carbocycles. The summed E-state index contributed by atoms with van der Waals surface area (Å²) in [4.78, 5) is 24.3. The Hall–Kier alpha value is -4.04. The molecular formula is C29H30N6OS. The van der Waals surface area contributed by atoms with Crippen LogP contribution in [0.25, 0.3) is 5.82 Å². The summed E-state index contributed by atoms with van der Waals surface area (Å²) in [6, 6.07) is 21.6. The molecule has 7 nitrogen and oxygen atoms in total. The maximum atomic E-state index is 13.0. The van der Waals surface area contributed by atoms with Gasteiger partial charge in [0.05, 0.1) is 17.8 Å². The van der Waals surface area contributed by atoms with E-state index in [4.69, 9.17) is 12.2 Å². The number of aryl methyl sites for hydroxylation is 2. The Morgan fingerprint density at radius 2 is 1.89 bits per heavy atom. The molecule has 1 fully saturated rings. The fourth-order valence-corrected chi connectivity index (χ4v) is 5.13. The minimum atomic E-state index is -0.170. The lowest BCUT2D eigenvalue weighted by atomic mass is 10.0. The van der Waals surface area contributed by atoms with Crippen LogP contribution in [-0.2, 0) is 11.2 Å². The van der Waals surface area contributed by atoms with Gasteiger partial charge in [-0.3, -0.25) is 9.78 Å². The standard InChI is InChI=1S/C29H30N6OS/c1-3-21-9-4-5-10-22(21)32-26(36)15-18-35-28(27(33-29(35)37)23-11-6-7-16-30-23)24-12-8-17-34(24)25-14-13-20(2)19-31-25/h4-14,16-17,19,27-28H,3,15,18H2,1-2H3,(H,32,36)(H,33,37)/t27-,28+/m0/s1. The third kappa shape index (κ3) is 5.24. The Bertz CT molecular complexity index is 1390. The largest absolute Gasteiger partial charge is 0.352 e. The van der Waals surface area contributed by atoms with Gasteiger partial charge in [0, 0.05) is 42.9 Å². The molecule has 0 saturated carbocycles. The zero-order valence-corrected chi connectivity index (χ0v) is 21.8. The van der Waals surface area contributed by atoms with Gasteiger partial charge in [0.1, 0.15) is 5.82 Å². The van der Waals surface area contributed by atoms with Crippen molar-refractivity contribution in [3.63, 3.8) is 0 Å². The second-order valence-corrected chi connectivity index (χ2v) is 9.51. The topological polar surface area (TPSA) is 75.1 Å². The molecule has 8 heteroatoms. The Kier molecular flexibility index (Phi) is 7.28. The molecule has 0 aliphatic carbocycles. The molecule has 1 saturated heterocycles. The lowest BCUT2D eigenvalue weighted by Gasteiger charge is -2.28. The first-order chi connectivity index (χ1) is 18.0. The molecule has 188 valence electrons. The van der Waals surface area contributed by atoms with Crippen molar-refractivity contribution in [2.24, 2.45) is 0 Å². The van der Waals surface area contributed by atoms with Crippen LogP contribution in [0.3, 0.4) is 0 Å². The second kappa shape index (κ2) is 10.9. The van der Waals surface area contributed by atoms with Crippen molar-refractivity contribution in [1.82, 2.24) is 24.8 Å². The number of amides is 1. The fourth-order valence-electron chi connectivity index (χ4n) is 4.80. The number of rotatable bonds is 8. The third-order valence-electron chi connectivity index (χ3n) is 6.68. The van der Waals surface area contributed by atoms with Gasteiger partial charge in [-0.25, -0.2) is 4.98 Å². The van der Waals surface area contributed by atoms with Gasteiger partial charge < -0.3 is 20.1 Å². The average Bonchev–Trinajstić information content (AvgIpc) is 3.53. The summed E-state index contributed by atoms with van der Waals surface area (Å²) in [5.41, 5.74) is 4.99. The van der Waals surface area contributed by atoms with Gasteiger partial charge in [-0.2, -0.15) is 0 Å². The molecule has 3 aromatic heterocycles. The van der Waals surface area contributed by atoms with Crippen LogP contribution in [0.2, 0.25) is 0 Å². The number of pyridine rings is 2. The van der Waals surface area contributed by atoms with E-state index in [0.29, 0.717) is 18.1 Å². The molecule has 4 heterocycles. The Morgan fingerprint density at radius 3 is 2.65 bits per heavy atom. The van der Waals surface area contributed by atoms with Crippen LogP contribution in [0.5, 0.6) is 0 Å². The highest BCUT2D eigenvalue weighted by Gasteiger charge is 2.41. The number of benzene rings is 1. The summed E-state index contributed by atoms with van der Waals surface area (Å²) < 4.78 is 2.08. The highest BCUT2D eigenvalue weighted by Crippen LogP contribution is 2.39. The SMILES string of the molecule is CCc1ccccc1NC(=O)CCN1C(=S)N[C@@H](c2ccccn2)[C@H]1c1cccn1-c1ccc(C)cn1. The smallest absolute Gasteiger partial charge is 0.226 e. The Morgan fingerprint density at radius 1 is 1.05 bits per heavy atom. The number of para-hydroxylation sites is 1. The van der Waals surface area contributed by atoms with Gasteiger partial charge in [0.2, 0.25) is 5.91 Å². The van der Waals surface area contributed by atoms with Crippen molar-refractivity contribution >= 4 is 28.9 Å². The second-order valence-electron chi connectivity index (χ2n) is 9.13. The van der Waals surface area contributed by atoms with E-state index >= 15 is 0 Å². The number of carbonyl (C=O) groups is 1. The zero-order valence-electron chi connectivity index (χ0n) is 21.0. The van der Waals surface area contributed by atoms with Crippen molar-refractivity contribution in [2.45, 2.75) is 38.8 Å². The fraction of sp³-hybridized carbons (Fsp3) is 0.241. The molecule has 2 N–H and O–H groups in total. The summed E-state index contributed by atoms with van der Waals surface area (Å²) in [6.07, 6.45) is 6.82. The van der Waals surface area contributed by atoms with Gasteiger partial charge in [0.15, 0.2) is 5.11 Å². The number of nitrogens with one attached hydrogen (secondary N) is 2. The lowest BCUT2D eigenvalue weighted by molar-refractivity contribution is -0.116. The summed E-state index contributed by atoms with van der Waals surface area (Å²) in [7, 11) is 0. The van der Waals surface area contributed by atoms with Crippen LogP contribution in [0.1, 0.15) is 47.9 Å². The normalized spacial score (nSPS) is 17.0. The first-order valence-electron chi connectivity index (χ1n) is 12.5. The molecule has 5 rings (SSSR count). The summed E-state index contributed by atoms with van der Waals surface area (Å²) in [6.45, 7) is 4.57. The predicted molar refractivity (Wildman–Crippen MR) is 150 cm³/mol. The maximum Gasteiger partial charge on any atom is 0.226 e. The third-order valence-corrected chi connectivity index (χ3v) is 7.03. The van der Waals surface area contributed by atoms with E-state index in [1.165, 1.54) is 0 Å². The van der Waals surface area contributed by atoms with Crippen molar-refractivity contribution in [2.75, 3.05) is 11.9 Å². The minimum absolute atomic E-state index is 0.0423. The quantitative estimate of drug-likeness (QED) is 0.320. The molecule has 37 heavy (non-hydrogen) atoms. The van der Waals surface area contributed by atoms with Gasteiger partial charge in [-0.1, -0.05) is 37.3 Å². The van der Waals surface area contributed by atoms with Crippen LogP contribution < -0.4 is 10.6 Å². The summed E-state index contributed by atoms with van der Waals surface area (Å²) >= 11 is 5.80. The molecule has 2 atom stereocenters. The van der Waals surface area contributed by atoms with Gasteiger partial charge in [0.25, 0.3) is 0 Å². The van der Waals surface area contributed by atoms with Crippen molar-refractivity contribution in [1.29, 1.82) is 0 Å². The van der Waals surface area contributed by atoms with Gasteiger partial charge in [-0.15, -0.1) is 0 Å². The maximum absolute atomic E-state index is 13.0. The predicted octanol–water partition coefficient (Wildman–Crippen LogP) is 5.14. The van der Waals surface area contributed by atoms with E-state index in [-0.39, 0.29) is 18.0 Å². The number of hydrogen-bond donors (Lipinski definition) is 2. The first kappa shape index (κ1) is 24.6. The summed E-state index contributed by atoms with van der Waals surface area (Å²) in [5.74, 6) is 0.788. The molecule has 0 unspecified atom stereocenters. The van der Waals surface area contributed by atoms with E-state index in [1.54, 1.807) is 6.20 Å². The van der Waals surface area contributed by atoms with Crippen LogP contribution in [-0.4, -0.2) is 37.0 Å². The Balaban J connectivity index is 1.43. The van der Waals surface area contributed by atoms with Gasteiger partial charge >= 0.3 is 0 Å². The molecule has 0 radical (unpaired) electrons. The molecule has 0 bridgehead atoms. The molecule has 0 spiro atoms. The van der Waals surface area contributed by atoms with Crippen LogP contribution in [0, 0.1) is 6.92 Å². The van der Waals surface area contributed by atoms with E-state index in [1.807, 2.05) is 73.9 Å². The number of carbonyl (C=O) groups excluding carboxylic acids is 1. The van der Waals surface area contributed by atoms with Crippen molar-refractivity contribution in [3.8, 4) is 5.82 Å². The average molecular weight is 511 g/mol. The van der Waals surface area contributed by atoms with E-state index in [9.17, 15) is 4.79 Å². The van der Waals surface area contributed by atoms with Crippen molar-refractivity contribution < 1.29 is 4.79 Å². The molecule has 1 aliphatic heterocycles. The number of aromatic nitrogens is 3. The molecule has 1 amide bonds. The van der Waals surface area contributed by atoms with Crippen LogP contribution in [0.4, 0.5) is 5.69 Å². The highest BCUT2D eigenvalue weighted by atomic mass is 32.1. The number of hydrogen-bond acceptors (Lipinski definition) is 4. The molecular weight excluding hydrogens is 480 g/mol. The monoisotopic (exact) mass is 510 g/mol. The van der Waals surface area contributed by atoms with Gasteiger partial charge in [-0.05, 0) is 73.1 Å². The lowest BCUT2D eigenvalue weighted by Crippen LogP contribution is -2.33. The van der Waals surface area contributed by atoms with E-state index in [2.05, 4.69) is 49.1 Å². The minimum Gasteiger partial charge on any atom is -0.352 e.